The molecule has 1 saturated carbocycles. The summed E-state index contributed by atoms with van der Waals surface area (Å²) in [5.74, 6) is 0.898. The van der Waals surface area contributed by atoms with E-state index in [0.29, 0.717) is 11.7 Å². The van der Waals surface area contributed by atoms with Crippen LogP contribution < -0.4 is 11.1 Å². The number of aromatic nitrogens is 2. The van der Waals surface area contributed by atoms with Crippen LogP contribution in [0.2, 0.25) is 0 Å². The van der Waals surface area contributed by atoms with Crippen molar-refractivity contribution < 1.29 is 4.79 Å². The summed E-state index contributed by atoms with van der Waals surface area (Å²) in [5, 5.41) is 2.68. The van der Waals surface area contributed by atoms with Gasteiger partial charge in [0.1, 0.15) is 0 Å². The Balaban J connectivity index is 0.00000162. The topological polar surface area (TPSA) is 80.9 Å². The van der Waals surface area contributed by atoms with E-state index in [-0.39, 0.29) is 18.3 Å². The fourth-order valence-corrected chi connectivity index (χ4v) is 2.29. The maximum Gasteiger partial charge on any atom is 0.242 e. The normalized spacial score (nSPS) is 16.9. The Hall–Kier alpha value is -1.20. The summed E-state index contributed by atoms with van der Waals surface area (Å²) < 4.78 is 0. The zero-order valence-corrected chi connectivity index (χ0v) is 11.0. The first kappa shape index (κ1) is 14.9. The zero-order chi connectivity index (χ0) is 12.1. The number of nitrogens with two attached hydrogens (primary N) is 1. The SMILES string of the molecule is Cl.N[C@@H](CC1CCCC1)C(=O)Nc1cnccn1. The number of hydrogen-bond donors (Lipinski definition) is 2. The Morgan fingerprint density at radius 1 is 1.44 bits per heavy atom. The van der Waals surface area contributed by atoms with Crippen LogP contribution in [-0.4, -0.2) is 21.9 Å². The molecule has 0 bridgehead atoms. The van der Waals surface area contributed by atoms with Crippen molar-refractivity contribution in [3.05, 3.63) is 18.6 Å². The monoisotopic (exact) mass is 270 g/mol. The molecule has 0 aromatic carbocycles. The molecule has 1 aliphatic rings. The van der Waals surface area contributed by atoms with Gasteiger partial charge in [-0.2, -0.15) is 0 Å². The van der Waals surface area contributed by atoms with Crippen molar-refractivity contribution in [1.82, 2.24) is 9.97 Å². The van der Waals surface area contributed by atoms with Crippen molar-refractivity contribution in [2.75, 3.05) is 5.32 Å². The molecule has 2 rings (SSSR count). The molecule has 1 aliphatic carbocycles. The van der Waals surface area contributed by atoms with Crippen LogP contribution in [0.1, 0.15) is 32.1 Å². The van der Waals surface area contributed by atoms with Gasteiger partial charge in [-0.15, -0.1) is 12.4 Å². The van der Waals surface area contributed by atoms with Crippen molar-refractivity contribution in [3.8, 4) is 0 Å². The molecule has 1 fully saturated rings. The lowest BCUT2D eigenvalue weighted by Crippen LogP contribution is -2.37. The standard InChI is InChI=1S/C12H18N4O.ClH/c13-10(7-9-3-1-2-4-9)12(17)16-11-8-14-5-6-15-11;/h5-6,8-10H,1-4,7,13H2,(H,15,16,17);1H/t10-;/m0./s1. The molecule has 1 atom stereocenters. The Morgan fingerprint density at radius 2 is 2.17 bits per heavy atom. The number of nitrogens with zero attached hydrogens (tertiary/aromatic N) is 2. The highest BCUT2D eigenvalue weighted by molar-refractivity contribution is 5.93. The van der Waals surface area contributed by atoms with E-state index >= 15 is 0 Å². The molecule has 0 radical (unpaired) electrons. The minimum absolute atomic E-state index is 0. The second-order valence-electron chi connectivity index (χ2n) is 4.57. The summed E-state index contributed by atoms with van der Waals surface area (Å²) in [7, 11) is 0. The van der Waals surface area contributed by atoms with Gasteiger partial charge in [0, 0.05) is 12.4 Å². The number of amides is 1. The van der Waals surface area contributed by atoms with Crippen LogP contribution in [0, 0.1) is 5.92 Å². The van der Waals surface area contributed by atoms with E-state index in [1.807, 2.05) is 0 Å². The van der Waals surface area contributed by atoms with Gasteiger partial charge >= 0.3 is 0 Å². The summed E-state index contributed by atoms with van der Waals surface area (Å²) in [6.07, 6.45) is 10.3. The van der Waals surface area contributed by atoms with Gasteiger partial charge in [-0.05, 0) is 12.3 Å². The Labute approximate surface area is 113 Å². The van der Waals surface area contributed by atoms with Crippen LogP contribution in [0.15, 0.2) is 18.6 Å². The Bertz CT molecular complexity index is 368. The summed E-state index contributed by atoms with van der Waals surface area (Å²) in [6.45, 7) is 0. The van der Waals surface area contributed by atoms with Crippen molar-refractivity contribution >= 4 is 24.1 Å². The highest BCUT2D eigenvalue weighted by Gasteiger charge is 2.22. The second-order valence-corrected chi connectivity index (χ2v) is 4.57. The smallest absolute Gasteiger partial charge is 0.242 e. The predicted molar refractivity (Wildman–Crippen MR) is 72.5 cm³/mol. The summed E-state index contributed by atoms with van der Waals surface area (Å²) in [4.78, 5) is 19.7. The van der Waals surface area contributed by atoms with Gasteiger partial charge in [0.2, 0.25) is 5.91 Å². The first-order valence-electron chi connectivity index (χ1n) is 6.08. The molecule has 1 heterocycles. The molecule has 6 heteroatoms. The maximum atomic E-state index is 11.8. The average molecular weight is 271 g/mol. The highest BCUT2D eigenvalue weighted by Crippen LogP contribution is 2.28. The van der Waals surface area contributed by atoms with E-state index in [4.69, 9.17) is 5.73 Å². The van der Waals surface area contributed by atoms with Crippen molar-refractivity contribution in [1.29, 1.82) is 0 Å². The maximum absolute atomic E-state index is 11.8. The van der Waals surface area contributed by atoms with Crippen LogP contribution in [0.4, 0.5) is 5.82 Å². The molecule has 1 aromatic heterocycles. The summed E-state index contributed by atoms with van der Waals surface area (Å²) in [6, 6.07) is -0.444. The lowest BCUT2D eigenvalue weighted by atomic mass is 9.98. The Morgan fingerprint density at radius 3 is 2.78 bits per heavy atom. The van der Waals surface area contributed by atoms with Crippen LogP contribution in [0.3, 0.4) is 0 Å². The van der Waals surface area contributed by atoms with E-state index in [2.05, 4.69) is 15.3 Å². The van der Waals surface area contributed by atoms with Crippen LogP contribution >= 0.6 is 12.4 Å². The first-order valence-corrected chi connectivity index (χ1v) is 6.08. The third-order valence-electron chi connectivity index (χ3n) is 3.21. The fraction of sp³-hybridized carbons (Fsp3) is 0.583. The third-order valence-corrected chi connectivity index (χ3v) is 3.21. The van der Waals surface area contributed by atoms with E-state index in [0.717, 1.165) is 6.42 Å². The molecular formula is C12H19ClN4O. The minimum Gasteiger partial charge on any atom is -0.320 e. The molecule has 0 spiro atoms. The van der Waals surface area contributed by atoms with Gasteiger partial charge in [-0.25, -0.2) is 4.98 Å². The lowest BCUT2D eigenvalue weighted by molar-refractivity contribution is -0.117. The number of carbonyl (C=O) groups excluding carboxylic acids is 1. The number of carbonyl (C=O) groups is 1. The van der Waals surface area contributed by atoms with Gasteiger partial charge in [-0.3, -0.25) is 9.78 Å². The Kier molecular flexibility index (Phi) is 6.01. The minimum atomic E-state index is -0.444. The fourth-order valence-electron chi connectivity index (χ4n) is 2.29. The van der Waals surface area contributed by atoms with E-state index in [9.17, 15) is 4.79 Å². The van der Waals surface area contributed by atoms with Crippen molar-refractivity contribution in [2.24, 2.45) is 11.7 Å². The van der Waals surface area contributed by atoms with Gasteiger partial charge in [-0.1, -0.05) is 25.7 Å². The summed E-state index contributed by atoms with van der Waals surface area (Å²) >= 11 is 0. The summed E-state index contributed by atoms with van der Waals surface area (Å²) in [5.41, 5.74) is 5.88. The van der Waals surface area contributed by atoms with Crippen LogP contribution in [0.25, 0.3) is 0 Å². The third kappa shape index (κ3) is 4.23. The van der Waals surface area contributed by atoms with Crippen LogP contribution in [0.5, 0.6) is 0 Å². The predicted octanol–water partition coefficient (Wildman–Crippen LogP) is 1.74. The van der Waals surface area contributed by atoms with E-state index < -0.39 is 6.04 Å². The molecule has 18 heavy (non-hydrogen) atoms. The molecule has 1 amide bonds. The van der Waals surface area contributed by atoms with Gasteiger partial charge in [0.05, 0.1) is 12.2 Å². The zero-order valence-electron chi connectivity index (χ0n) is 10.2. The first-order chi connectivity index (χ1) is 8.25. The number of hydrogen-bond acceptors (Lipinski definition) is 4. The average Bonchev–Trinajstić information content (AvgIpc) is 2.83. The van der Waals surface area contributed by atoms with Crippen molar-refractivity contribution in [3.63, 3.8) is 0 Å². The van der Waals surface area contributed by atoms with E-state index in [1.54, 1.807) is 6.20 Å². The molecule has 0 unspecified atom stereocenters. The van der Waals surface area contributed by atoms with Gasteiger partial charge in [0.25, 0.3) is 0 Å². The molecule has 0 saturated heterocycles. The number of rotatable bonds is 4. The quantitative estimate of drug-likeness (QED) is 0.873. The molecule has 3 N–H and O–H groups in total. The molecule has 100 valence electrons. The van der Waals surface area contributed by atoms with Gasteiger partial charge in [0.15, 0.2) is 5.82 Å². The second kappa shape index (κ2) is 7.28. The lowest BCUT2D eigenvalue weighted by Gasteiger charge is -2.15. The number of halogens is 1. The van der Waals surface area contributed by atoms with Crippen molar-refractivity contribution in [2.45, 2.75) is 38.1 Å². The van der Waals surface area contributed by atoms with E-state index in [1.165, 1.54) is 38.1 Å². The van der Waals surface area contributed by atoms with Crippen LogP contribution in [-0.2, 0) is 4.79 Å². The van der Waals surface area contributed by atoms with Gasteiger partial charge < -0.3 is 11.1 Å². The molecule has 1 aromatic rings. The number of nitrogens with one attached hydrogen (secondary N) is 1. The molecule has 0 aliphatic heterocycles. The molecular weight excluding hydrogens is 252 g/mol. The highest BCUT2D eigenvalue weighted by atomic mass is 35.5. The number of anilines is 1. The molecule has 5 nitrogen and oxygen atoms in total. The largest absolute Gasteiger partial charge is 0.320 e.